The van der Waals surface area contributed by atoms with Gasteiger partial charge in [-0.05, 0) is 50.7 Å². The molecule has 3 aromatic rings. The number of fused-ring (bicyclic) bond motifs is 1. The topological polar surface area (TPSA) is 162 Å². The third kappa shape index (κ3) is 7.17. The molecule has 6 atom stereocenters. The Bertz CT molecular complexity index is 1600. The second-order valence-electron chi connectivity index (χ2n) is 10.9. The first-order valence-electron chi connectivity index (χ1n) is 14.8. The molecule has 1 aromatic carbocycles. The summed E-state index contributed by atoms with van der Waals surface area (Å²) in [5, 5.41) is 2.65. The second kappa shape index (κ2) is 13.8. The van der Waals surface area contributed by atoms with Crippen molar-refractivity contribution in [3.8, 4) is 0 Å². The largest absolute Gasteiger partial charge is 0.523 e. The zero-order valence-corrected chi connectivity index (χ0v) is 25.2. The molecule has 2 aromatic heterocycles. The van der Waals surface area contributed by atoms with Crippen molar-refractivity contribution in [2.45, 2.75) is 81.2 Å². The number of halogens is 3. The van der Waals surface area contributed by atoms with Crippen LogP contribution in [0.4, 0.5) is 19.0 Å². The summed E-state index contributed by atoms with van der Waals surface area (Å²) in [5.74, 6) is -0.485. The first kappa shape index (κ1) is 32.7. The first-order valence-corrected chi connectivity index (χ1v) is 16.2. The Balaban J connectivity index is 1.34. The molecule has 3 aliphatic rings. The molecular weight excluding hydrogens is 639 g/mol. The minimum atomic E-state index is -6.14. The van der Waals surface area contributed by atoms with Crippen molar-refractivity contribution < 1.29 is 54.3 Å². The van der Waals surface area contributed by atoms with Gasteiger partial charge in [-0.2, -0.15) is 21.6 Å². The van der Waals surface area contributed by atoms with Crippen LogP contribution in [-0.2, 0) is 38.0 Å². The van der Waals surface area contributed by atoms with Crippen molar-refractivity contribution in [1.82, 2.24) is 19.5 Å². The van der Waals surface area contributed by atoms with Crippen molar-refractivity contribution in [3.63, 3.8) is 0 Å². The van der Waals surface area contributed by atoms with Crippen LogP contribution < -0.4 is 5.32 Å². The average Bonchev–Trinajstić information content (AvgIpc) is 3.62. The molecule has 46 heavy (non-hydrogen) atoms. The number of anilines is 1. The van der Waals surface area contributed by atoms with Gasteiger partial charge in [-0.25, -0.2) is 15.0 Å². The number of aromatic nitrogens is 4. The lowest BCUT2D eigenvalue weighted by Gasteiger charge is -2.31. The van der Waals surface area contributed by atoms with E-state index in [0.717, 1.165) is 32.0 Å². The van der Waals surface area contributed by atoms with Crippen molar-refractivity contribution >= 4 is 33.0 Å². The number of ether oxygens (including phenoxy) is 5. The predicted octanol–water partition coefficient (Wildman–Crippen LogP) is 3.67. The van der Waals surface area contributed by atoms with E-state index in [1.165, 1.54) is 10.9 Å². The number of rotatable bonds is 10. The third-order valence-corrected chi connectivity index (χ3v) is 8.78. The first-order chi connectivity index (χ1) is 22.1. The highest BCUT2D eigenvalue weighted by atomic mass is 32.2. The number of hydrogen-bond acceptors (Lipinski definition) is 12. The molecule has 6 rings (SSSR count). The van der Waals surface area contributed by atoms with Gasteiger partial charge in [0.15, 0.2) is 41.9 Å². The molecule has 0 saturated carbocycles. The zero-order valence-electron chi connectivity index (χ0n) is 24.4. The lowest BCUT2D eigenvalue weighted by atomic mass is 10.1. The van der Waals surface area contributed by atoms with Gasteiger partial charge < -0.3 is 29.0 Å². The van der Waals surface area contributed by atoms with E-state index < -0.39 is 58.7 Å². The zero-order chi connectivity index (χ0) is 32.3. The lowest BCUT2D eigenvalue weighted by molar-refractivity contribution is -0.222. The van der Waals surface area contributed by atoms with Crippen LogP contribution in [0.25, 0.3) is 11.2 Å². The summed E-state index contributed by atoms with van der Waals surface area (Å²) in [7, 11) is -6.14. The smallest absolute Gasteiger partial charge is 0.353 e. The molecule has 250 valence electrons. The maximum absolute atomic E-state index is 13.7. The number of nitrogens with zero attached hydrogens (tertiary/aromatic N) is 4. The maximum atomic E-state index is 13.7. The van der Waals surface area contributed by atoms with Crippen molar-refractivity contribution in [3.05, 3.63) is 48.5 Å². The Morgan fingerprint density at radius 3 is 2.37 bits per heavy atom. The molecule has 0 bridgehead atoms. The van der Waals surface area contributed by atoms with E-state index in [-0.39, 0.29) is 23.6 Å². The fraction of sp³-hybridized carbons (Fsp3) is 0.571. The summed E-state index contributed by atoms with van der Waals surface area (Å²) < 4.78 is 101. The number of imidazole rings is 1. The van der Waals surface area contributed by atoms with Crippen molar-refractivity contribution in [2.24, 2.45) is 0 Å². The molecule has 0 spiro atoms. The highest BCUT2D eigenvalue weighted by Crippen LogP contribution is 2.40. The van der Waals surface area contributed by atoms with Crippen molar-refractivity contribution in [1.29, 1.82) is 0 Å². The SMILES string of the molecule is O=C(Nc1ncnc2c1ncn2[C@@H]1O[C@H](COC2CCCCO2)[C@@H](OC2CCCCO2)[C@@H]1OS(=O)(=O)C(F)(F)F)c1ccccc1. The highest BCUT2D eigenvalue weighted by molar-refractivity contribution is 7.87. The van der Waals surface area contributed by atoms with E-state index in [1.807, 2.05) is 0 Å². The molecule has 0 radical (unpaired) electrons. The van der Waals surface area contributed by atoms with Gasteiger partial charge in [0.05, 0.1) is 12.9 Å². The minimum absolute atomic E-state index is 0.00807. The third-order valence-electron chi connectivity index (χ3n) is 7.74. The lowest BCUT2D eigenvalue weighted by Crippen LogP contribution is -2.45. The summed E-state index contributed by atoms with van der Waals surface area (Å²) in [5.41, 5.74) is -5.31. The molecule has 5 heterocycles. The van der Waals surface area contributed by atoms with Gasteiger partial charge in [0, 0.05) is 18.8 Å². The fourth-order valence-corrected chi connectivity index (χ4v) is 6.08. The van der Waals surface area contributed by atoms with E-state index in [9.17, 15) is 26.4 Å². The minimum Gasteiger partial charge on any atom is -0.353 e. The van der Waals surface area contributed by atoms with Crippen LogP contribution in [0.15, 0.2) is 43.0 Å². The van der Waals surface area contributed by atoms with Gasteiger partial charge in [-0.1, -0.05) is 18.2 Å². The maximum Gasteiger partial charge on any atom is 0.523 e. The van der Waals surface area contributed by atoms with Gasteiger partial charge in [0.25, 0.3) is 5.91 Å². The van der Waals surface area contributed by atoms with Crippen LogP contribution in [0.5, 0.6) is 0 Å². The normalized spacial score (nSPS) is 27.5. The van der Waals surface area contributed by atoms with Crippen LogP contribution >= 0.6 is 0 Å². The number of carbonyl (C=O) groups excluding carboxylic acids is 1. The van der Waals surface area contributed by atoms with Gasteiger partial charge in [0.2, 0.25) is 0 Å². The molecule has 18 heteroatoms. The molecule has 3 saturated heterocycles. The summed E-state index contributed by atoms with van der Waals surface area (Å²) in [4.78, 5) is 25.4. The van der Waals surface area contributed by atoms with E-state index in [4.69, 9.17) is 27.9 Å². The van der Waals surface area contributed by atoms with Gasteiger partial charge in [-0.3, -0.25) is 13.5 Å². The number of amides is 1. The number of nitrogens with one attached hydrogen (secondary N) is 1. The van der Waals surface area contributed by atoms with Gasteiger partial charge in [-0.15, -0.1) is 0 Å². The molecule has 1 N–H and O–H groups in total. The van der Waals surface area contributed by atoms with Crippen LogP contribution in [0.3, 0.4) is 0 Å². The Labute approximate surface area is 261 Å². The van der Waals surface area contributed by atoms with Gasteiger partial charge >= 0.3 is 15.6 Å². The fourth-order valence-electron chi connectivity index (χ4n) is 5.47. The number of hydrogen-bond donors (Lipinski definition) is 1. The Morgan fingerprint density at radius 1 is 0.978 bits per heavy atom. The van der Waals surface area contributed by atoms with Crippen molar-refractivity contribution in [2.75, 3.05) is 25.1 Å². The van der Waals surface area contributed by atoms with E-state index in [2.05, 4.69) is 20.3 Å². The molecule has 0 aliphatic carbocycles. The van der Waals surface area contributed by atoms with E-state index in [0.29, 0.717) is 31.6 Å². The molecule has 3 fully saturated rings. The predicted molar refractivity (Wildman–Crippen MR) is 151 cm³/mol. The van der Waals surface area contributed by atoms with Crippen LogP contribution in [-0.4, -0.2) is 90.1 Å². The van der Waals surface area contributed by atoms with Crippen LogP contribution in [0.1, 0.15) is 55.1 Å². The Kier molecular flexibility index (Phi) is 9.83. The quantitative estimate of drug-likeness (QED) is 0.246. The number of carbonyl (C=O) groups is 1. The summed E-state index contributed by atoms with van der Waals surface area (Å²) in [6.07, 6.45) is -0.865. The number of alkyl halides is 3. The van der Waals surface area contributed by atoms with Crippen LogP contribution in [0, 0.1) is 0 Å². The summed E-state index contributed by atoms with van der Waals surface area (Å²) in [6.45, 7) is 0.615. The van der Waals surface area contributed by atoms with E-state index in [1.54, 1.807) is 30.3 Å². The molecular formula is C28H32F3N5O9S. The molecule has 1 amide bonds. The Morgan fingerprint density at radius 2 is 1.70 bits per heavy atom. The summed E-state index contributed by atoms with van der Waals surface area (Å²) >= 11 is 0. The molecule has 14 nitrogen and oxygen atoms in total. The molecule has 2 unspecified atom stereocenters. The molecule has 3 aliphatic heterocycles. The van der Waals surface area contributed by atoms with E-state index >= 15 is 0 Å². The summed E-state index contributed by atoms with van der Waals surface area (Å²) in [6, 6.07) is 8.31. The average molecular weight is 672 g/mol. The highest BCUT2D eigenvalue weighted by Gasteiger charge is 2.56. The number of benzene rings is 1. The Hall–Kier alpha value is -3.26. The van der Waals surface area contributed by atoms with Crippen LogP contribution in [0.2, 0.25) is 0 Å². The monoisotopic (exact) mass is 671 g/mol. The van der Waals surface area contributed by atoms with Gasteiger partial charge in [0.1, 0.15) is 18.5 Å². The second-order valence-corrected chi connectivity index (χ2v) is 12.5. The standard InChI is InChI=1S/C28H32F3N5O9S/c29-28(30,31)46(38,39)45-23-22(44-20-11-5-7-13-41-20)18(14-42-19-10-4-6-12-40-19)43-27(23)36-16-34-21-24(32-15-33-25(21)36)35-26(37)17-8-2-1-3-9-17/h1-3,8-9,15-16,18-20,22-23,27H,4-7,10-14H2,(H,32,33,35,37)/t18-,19?,20?,22-,23+,27-/m1/s1.